The fourth-order valence-corrected chi connectivity index (χ4v) is 3.01. The van der Waals surface area contributed by atoms with Crippen LogP contribution in [0.3, 0.4) is 0 Å². The lowest BCUT2D eigenvalue weighted by Crippen LogP contribution is -2.64. The van der Waals surface area contributed by atoms with E-state index in [9.17, 15) is 9.59 Å². The third-order valence-corrected chi connectivity index (χ3v) is 4.18. The predicted octanol–water partition coefficient (Wildman–Crippen LogP) is -0.906. The van der Waals surface area contributed by atoms with Crippen molar-refractivity contribution in [2.45, 2.75) is 5.79 Å². The van der Waals surface area contributed by atoms with Crippen LogP contribution in [-0.4, -0.2) is 90.3 Å². The summed E-state index contributed by atoms with van der Waals surface area (Å²) in [5.41, 5.74) is 0.526. The van der Waals surface area contributed by atoms with Crippen LogP contribution in [0, 0.1) is 0 Å². The number of aryl methyl sites for hydroxylation is 1. The van der Waals surface area contributed by atoms with E-state index < -0.39 is 5.79 Å². The molecule has 0 aliphatic carbocycles. The second-order valence-electron chi connectivity index (χ2n) is 5.99. The van der Waals surface area contributed by atoms with Gasteiger partial charge in [-0.2, -0.15) is 5.10 Å². The summed E-state index contributed by atoms with van der Waals surface area (Å²) in [4.78, 5) is 28.0. The van der Waals surface area contributed by atoms with Gasteiger partial charge < -0.3 is 24.0 Å². The molecule has 0 saturated carbocycles. The maximum Gasteiger partial charge on any atom is 0.257 e. The number of morpholine rings is 2. The third kappa shape index (κ3) is 3.42. The van der Waals surface area contributed by atoms with Gasteiger partial charge in [0.1, 0.15) is 6.61 Å². The molecule has 9 heteroatoms. The standard InChI is InChI=1S/C15H22N4O5/c1-17-8-12(7-16-17)14(21)19-4-6-24-15(11-19)10-18(3-5-23-15)13(20)9-22-2/h7-8H,3-6,9-11H2,1-2H3. The number of carbonyl (C=O) groups excluding carboxylic acids is 2. The first-order valence-electron chi connectivity index (χ1n) is 7.85. The molecule has 2 aliphatic heterocycles. The van der Waals surface area contributed by atoms with Crippen LogP contribution in [0.4, 0.5) is 0 Å². The first-order chi connectivity index (χ1) is 11.5. The lowest BCUT2D eigenvalue weighted by Gasteiger charge is -2.47. The number of methoxy groups -OCH3 is 1. The number of carbonyl (C=O) groups is 2. The number of hydrogen-bond acceptors (Lipinski definition) is 6. The van der Waals surface area contributed by atoms with Gasteiger partial charge in [-0.05, 0) is 0 Å². The highest BCUT2D eigenvalue weighted by Gasteiger charge is 2.44. The lowest BCUT2D eigenvalue weighted by atomic mass is 10.1. The number of hydrogen-bond donors (Lipinski definition) is 0. The summed E-state index contributed by atoms with van der Waals surface area (Å²) in [5, 5.41) is 4.03. The second-order valence-corrected chi connectivity index (χ2v) is 5.99. The maximum atomic E-state index is 12.6. The molecular weight excluding hydrogens is 316 g/mol. The fourth-order valence-electron chi connectivity index (χ4n) is 3.01. The van der Waals surface area contributed by atoms with Gasteiger partial charge in [0.25, 0.3) is 5.91 Å². The Bertz CT molecular complexity index is 615. The van der Waals surface area contributed by atoms with Gasteiger partial charge >= 0.3 is 0 Å². The Labute approximate surface area is 140 Å². The Morgan fingerprint density at radius 1 is 1.25 bits per heavy atom. The molecule has 1 aromatic heterocycles. The Hall–Kier alpha value is -1.97. The topological polar surface area (TPSA) is 86.1 Å². The Morgan fingerprint density at radius 3 is 2.54 bits per heavy atom. The maximum absolute atomic E-state index is 12.6. The minimum Gasteiger partial charge on any atom is -0.375 e. The van der Waals surface area contributed by atoms with Gasteiger partial charge in [-0.15, -0.1) is 0 Å². The van der Waals surface area contributed by atoms with Crippen molar-refractivity contribution in [2.75, 3.05) is 53.1 Å². The second kappa shape index (κ2) is 6.88. The van der Waals surface area contributed by atoms with Crippen molar-refractivity contribution in [1.29, 1.82) is 0 Å². The van der Waals surface area contributed by atoms with Crippen molar-refractivity contribution >= 4 is 11.8 Å². The molecule has 0 aromatic carbocycles. The smallest absolute Gasteiger partial charge is 0.257 e. The molecule has 0 radical (unpaired) electrons. The number of rotatable bonds is 3. The normalized spacial score (nSPS) is 24.4. The molecule has 2 saturated heterocycles. The van der Waals surface area contributed by atoms with Crippen molar-refractivity contribution in [1.82, 2.24) is 19.6 Å². The molecule has 1 aromatic rings. The molecule has 1 atom stereocenters. The van der Waals surface area contributed by atoms with Crippen molar-refractivity contribution in [3.63, 3.8) is 0 Å². The Balaban J connectivity index is 1.69. The highest BCUT2D eigenvalue weighted by molar-refractivity contribution is 5.93. The summed E-state index contributed by atoms with van der Waals surface area (Å²) in [7, 11) is 3.25. The van der Waals surface area contributed by atoms with E-state index in [1.807, 2.05) is 0 Å². The van der Waals surface area contributed by atoms with E-state index >= 15 is 0 Å². The summed E-state index contributed by atoms with van der Waals surface area (Å²) < 4.78 is 18.1. The monoisotopic (exact) mass is 338 g/mol. The van der Waals surface area contributed by atoms with Crippen molar-refractivity contribution < 1.29 is 23.8 Å². The van der Waals surface area contributed by atoms with Crippen molar-refractivity contribution in [3.8, 4) is 0 Å². The van der Waals surface area contributed by atoms with E-state index in [0.29, 0.717) is 31.9 Å². The molecule has 2 aliphatic rings. The number of amides is 2. The molecule has 1 spiro atoms. The molecule has 24 heavy (non-hydrogen) atoms. The highest BCUT2D eigenvalue weighted by Crippen LogP contribution is 2.25. The average molecular weight is 338 g/mol. The van der Waals surface area contributed by atoms with Gasteiger partial charge in [0.05, 0.1) is 38.1 Å². The predicted molar refractivity (Wildman–Crippen MR) is 82.2 cm³/mol. The van der Waals surface area contributed by atoms with E-state index in [1.165, 1.54) is 7.11 Å². The molecule has 0 bridgehead atoms. The average Bonchev–Trinajstić information content (AvgIpc) is 3.01. The molecular formula is C15H22N4O5. The van der Waals surface area contributed by atoms with E-state index in [2.05, 4.69) is 5.10 Å². The Kier molecular flexibility index (Phi) is 4.83. The molecule has 1 unspecified atom stereocenters. The van der Waals surface area contributed by atoms with E-state index in [0.717, 1.165) is 0 Å². The van der Waals surface area contributed by atoms with Gasteiger partial charge in [-0.25, -0.2) is 0 Å². The van der Waals surface area contributed by atoms with E-state index in [4.69, 9.17) is 14.2 Å². The summed E-state index contributed by atoms with van der Waals surface area (Å²) >= 11 is 0. The molecule has 132 valence electrons. The van der Waals surface area contributed by atoms with Crippen LogP contribution in [0.2, 0.25) is 0 Å². The minimum absolute atomic E-state index is 0.0222. The first kappa shape index (κ1) is 16.9. The van der Waals surface area contributed by atoms with Crippen LogP contribution in [0.5, 0.6) is 0 Å². The molecule has 3 rings (SSSR count). The number of nitrogens with zero attached hydrogens (tertiary/aromatic N) is 4. The quantitative estimate of drug-likeness (QED) is 0.710. The largest absolute Gasteiger partial charge is 0.375 e. The molecule has 3 heterocycles. The van der Waals surface area contributed by atoms with E-state index in [1.54, 1.807) is 33.9 Å². The summed E-state index contributed by atoms with van der Waals surface area (Å²) in [6, 6.07) is 0. The van der Waals surface area contributed by atoms with Crippen LogP contribution in [0.25, 0.3) is 0 Å². The molecule has 0 N–H and O–H groups in total. The first-order valence-corrected chi connectivity index (χ1v) is 7.85. The zero-order chi connectivity index (χ0) is 17.2. The van der Waals surface area contributed by atoms with Gasteiger partial charge in [-0.3, -0.25) is 14.3 Å². The number of ether oxygens (including phenoxy) is 3. The number of aromatic nitrogens is 2. The summed E-state index contributed by atoms with van der Waals surface area (Å²) in [6.45, 7) is 2.27. The third-order valence-electron chi connectivity index (χ3n) is 4.18. The van der Waals surface area contributed by atoms with E-state index in [-0.39, 0.29) is 31.5 Å². The highest BCUT2D eigenvalue weighted by atomic mass is 16.7. The van der Waals surface area contributed by atoms with Crippen LogP contribution >= 0.6 is 0 Å². The van der Waals surface area contributed by atoms with Crippen molar-refractivity contribution in [2.24, 2.45) is 7.05 Å². The molecule has 2 fully saturated rings. The van der Waals surface area contributed by atoms with Gasteiger partial charge in [0.15, 0.2) is 0 Å². The summed E-state index contributed by atoms with van der Waals surface area (Å²) in [5.74, 6) is -1.20. The zero-order valence-corrected chi connectivity index (χ0v) is 13.9. The van der Waals surface area contributed by atoms with Crippen LogP contribution in [0.1, 0.15) is 10.4 Å². The lowest BCUT2D eigenvalue weighted by molar-refractivity contribution is -0.284. The summed E-state index contributed by atoms with van der Waals surface area (Å²) in [6.07, 6.45) is 3.22. The van der Waals surface area contributed by atoms with Crippen LogP contribution in [-0.2, 0) is 26.1 Å². The molecule has 9 nitrogen and oxygen atoms in total. The van der Waals surface area contributed by atoms with Crippen molar-refractivity contribution in [3.05, 3.63) is 18.0 Å². The minimum atomic E-state index is -0.974. The molecule has 2 amide bonds. The van der Waals surface area contributed by atoms with Crippen LogP contribution in [0.15, 0.2) is 12.4 Å². The Morgan fingerprint density at radius 2 is 1.92 bits per heavy atom. The fraction of sp³-hybridized carbons (Fsp3) is 0.667. The zero-order valence-electron chi connectivity index (χ0n) is 13.9. The van der Waals surface area contributed by atoms with Gasteiger partial charge in [-0.1, -0.05) is 0 Å². The van der Waals surface area contributed by atoms with Gasteiger partial charge in [0, 0.05) is 33.4 Å². The SMILES string of the molecule is COCC(=O)N1CCOC2(C1)CN(C(=O)c1cnn(C)c1)CCO2. The van der Waals surface area contributed by atoms with Crippen LogP contribution < -0.4 is 0 Å². The van der Waals surface area contributed by atoms with Gasteiger partial charge in [0.2, 0.25) is 11.7 Å².